The van der Waals surface area contributed by atoms with Crippen LogP contribution in [0.2, 0.25) is 0 Å². The van der Waals surface area contributed by atoms with Gasteiger partial charge in [-0.05, 0) is 31.7 Å². The van der Waals surface area contributed by atoms with Crippen LogP contribution >= 0.6 is 11.8 Å². The normalized spacial score (nSPS) is 17.1. The van der Waals surface area contributed by atoms with E-state index in [4.69, 9.17) is 0 Å². The van der Waals surface area contributed by atoms with Gasteiger partial charge in [-0.1, -0.05) is 25.1 Å². The highest BCUT2D eigenvalue weighted by Gasteiger charge is 2.24. The topological polar surface area (TPSA) is 23.6 Å². The molecule has 0 fully saturated rings. The highest BCUT2D eigenvalue weighted by Crippen LogP contribution is 2.37. The molecule has 0 aromatic heterocycles. The van der Waals surface area contributed by atoms with Gasteiger partial charge in [0.2, 0.25) is 5.91 Å². The lowest BCUT2D eigenvalue weighted by Gasteiger charge is -2.25. The van der Waals surface area contributed by atoms with Crippen molar-refractivity contribution >= 4 is 23.4 Å². The monoisotopic (exact) mass is 376 g/mol. The van der Waals surface area contributed by atoms with Gasteiger partial charge in [-0.2, -0.15) is 0 Å². The molecule has 6 heteroatoms. The summed E-state index contributed by atoms with van der Waals surface area (Å²) in [6, 6.07) is 11.5. The standard InChI is InChI=1S/C20H22F2N2OS/c1-14-9-10-24(18-5-3-4-6-19(18)26-14)20(25)13-23(2)12-15-7-8-16(21)11-17(15)22/h3-8,11,14H,9-10,12-13H2,1-2H3/t14-/m1/s1. The average Bonchev–Trinajstić information content (AvgIpc) is 2.75. The summed E-state index contributed by atoms with van der Waals surface area (Å²) in [7, 11) is 1.77. The van der Waals surface area contributed by atoms with E-state index < -0.39 is 11.6 Å². The lowest BCUT2D eigenvalue weighted by atomic mass is 10.2. The smallest absolute Gasteiger partial charge is 0.241 e. The molecule has 0 N–H and O–H groups in total. The van der Waals surface area contributed by atoms with E-state index in [9.17, 15) is 13.6 Å². The second-order valence-corrected chi connectivity index (χ2v) is 8.12. The number of rotatable bonds is 4. The van der Waals surface area contributed by atoms with Crippen molar-refractivity contribution in [2.45, 2.75) is 30.0 Å². The first-order valence-electron chi connectivity index (χ1n) is 8.62. The third-order valence-electron chi connectivity index (χ3n) is 4.41. The number of nitrogens with zero attached hydrogens (tertiary/aromatic N) is 2. The van der Waals surface area contributed by atoms with E-state index in [0.29, 0.717) is 17.4 Å². The molecule has 0 saturated heterocycles. The molecule has 0 saturated carbocycles. The molecule has 1 aliphatic heterocycles. The van der Waals surface area contributed by atoms with Crippen LogP contribution < -0.4 is 4.90 Å². The Morgan fingerprint density at radius 3 is 2.81 bits per heavy atom. The maximum Gasteiger partial charge on any atom is 0.241 e. The molecule has 0 bridgehead atoms. The fourth-order valence-electron chi connectivity index (χ4n) is 3.06. The van der Waals surface area contributed by atoms with E-state index >= 15 is 0 Å². The van der Waals surface area contributed by atoms with Crippen LogP contribution in [0.15, 0.2) is 47.4 Å². The van der Waals surface area contributed by atoms with Gasteiger partial charge >= 0.3 is 0 Å². The van der Waals surface area contributed by atoms with Crippen molar-refractivity contribution in [1.82, 2.24) is 4.90 Å². The molecule has 0 radical (unpaired) electrons. The number of fused-ring (bicyclic) bond motifs is 1. The number of hydrogen-bond acceptors (Lipinski definition) is 3. The zero-order valence-electron chi connectivity index (χ0n) is 14.9. The van der Waals surface area contributed by atoms with Gasteiger partial charge in [0.25, 0.3) is 0 Å². The summed E-state index contributed by atoms with van der Waals surface area (Å²) >= 11 is 1.79. The maximum absolute atomic E-state index is 13.8. The molecule has 0 spiro atoms. The molecule has 0 aliphatic carbocycles. The molecule has 3 rings (SSSR count). The van der Waals surface area contributed by atoms with Gasteiger partial charge in [-0.25, -0.2) is 8.78 Å². The number of anilines is 1. The van der Waals surface area contributed by atoms with Crippen LogP contribution in [-0.4, -0.2) is 36.2 Å². The second-order valence-electron chi connectivity index (χ2n) is 6.64. The van der Waals surface area contributed by atoms with Crippen molar-refractivity contribution in [3.8, 4) is 0 Å². The summed E-state index contributed by atoms with van der Waals surface area (Å²) < 4.78 is 26.9. The molecule has 1 heterocycles. The summed E-state index contributed by atoms with van der Waals surface area (Å²) in [4.78, 5) is 17.6. The van der Waals surface area contributed by atoms with Crippen LogP contribution in [-0.2, 0) is 11.3 Å². The van der Waals surface area contributed by atoms with Crippen molar-refractivity contribution in [3.05, 3.63) is 59.7 Å². The van der Waals surface area contributed by atoms with Crippen molar-refractivity contribution in [3.63, 3.8) is 0 Å². The highest BCUT2D eigenvalue weighted by molar-refractivity contribution is 8.00. The Bertz CT molecular complexity index is 799. The van der Waals surface area contributed by atoms with Crippen molar-refractivity contribution in [2.24, 2.45) is 0 Å². The van der Waals surface area contributed by atoms with E-state index in [1.165, 1.54) is 12.1 Å². The maximum atomic E-state index is 13.8. The van der Waals surface area contributed by atoms with Gasteiger partial charge < -0.3 is 4.90 Å². The number of likely N-dealkylation sites (N-methyl/N-ethyl adjacent to an activating group) is 1. The van der Waals surface area contributed by atoms with Gasteiger partial charge in [0, 0.05) is 34.9 Å². The average molecular weight is 376 g/mol. The number of amides is 1. The number of halogens is 2. The quantitative estimate of drug-likeness (QED) is 0.794. The van der Waals surface area contributed by atoms with Crippen LogP contribution in [0.5, 0.6) is 0 Å². The molecule has 0 unspecified atom stereocenters. The van der Waals surface area contributed by atoms with Crippen LogP contribution in [0.25, 0.3) is 0 Å². The molecule has 1 aliphatic rings. The molecule has 26 heavy (non-hydrogen) atoms. The van der Waals surface area contributed by atoms with E-state index in [-0.39, 0.29) is 19.0 Å². The molecule has 138 valence electrons. The fourth-order valence-corrected chi connectivity index (χ4v) is 4.17. The van der Waals surface area contributed by atoms with Crippen molar-refractivity contribution in [1.29, 1.82) is 0 Å². The van der Waals surface area contributed by atoms with Crippen LogP contribution in [0.1, 0.15) is 18.9 Å². The predicted molar refractivity (Wildman–Crippen MR) is 101 cm³/mol. The summed E-state index contributed by atoms with van der Waals surface area (Å²) in [5, 5.41) is 0.444. The molecule has 1 atom stereocenters. The number of thioether (sulfide) groups is 1. The van der Waals surface area contributed by atoms with Gasteiger partial charge in [0.05, 0.1) is 12.2 Å². The summed E-state index contributed by atoms with van der Waals surface area (Å²) in [6.45, 7) is 3.25. The number of benzene rings is 2. The minimum Gasteiger partial charge on any atom is -0.310 e. The zero-order valence-corrected chi connectivity index (χ0v) is 15.7. The molecular weight excluding hydrogens is 354 g/mol. The van der Waals surface area contributed by atoms with E-state index in [0.717, 1.165) is 23.1 Å². The number of hydrogen-bond donors (Lipinski definition) is 0. The first-order chi connectivity index (χ1) is 12.4. The largest absolute Gasteiger partial charge is 0.310 e. The van der Waals surface area contributed by atoms with Gasteiger partial charge in [-0.3, -0.25) is 9.69 Å². The van der Waals surface area contributed by atoms with Gasteiger partial charge in [-0.15, -0.1) is 11.8 Å². The third kappa shape index (κ3) is 4.43. The highest BCUT2D eigenvalue weighted by atomic mass is 32.2. The van der Waals surface area contributed by atoms with Crippen LogP contribution in [0.4, 0.5) is 14.5 Å². The van der Waals surface area contributed by atoms with E-state index in [2.05, 4.69) is 6.92 Å². The van der Waals surface area contributed by atoms with Gasteiger partial charge in [0.15, 0.2) is 0 Å². The predicted octanol–water partition coefficient (Wildman–Crippen LogP) is 4.31. The molecule has 2 aromatic rings. The summed E-state index contributed by atoms with van der Waals surface area (Å²) in [6.07, 6.45) is 0.918. The zero-order chi connectivity index (χ0) is 18.7. The lowest BCUT2D eigenvalue weighted by Crippen LogP contribution is -2.39. The summed E-state index contributed by atoms with van der Waals surface area (Å²) in [5.41, 5.74) is 1.32. The Kier molecular flexibility index (Phi) is 5.94. The Labute approximate surface area is 157 Å². The summed E-state index contributed by atoms with van der Waals surface area (Å²) in [5.74, 6) is -1.20. The Hall–Kier alpha value is -1.92. The van der Waals surface area contributed by atoms with Gasteiger partial charge in [0.1, 0.15) is 11.6 Å². The minimum atomic E-state index is -0.599. The Morgan fingerprint density at radius 2 is 2.04 bits per heavy atom. The van der Waals surface area contributed by atoms with Crippen LogP contribution in [0.3, 0.4) is 0 Å². The number of para-hydroxylation sites is 1. The molecule has 2 aromatic carbocycles. The fraction of sp³-hybridized carbons (Fsp3) is 0.350. The first-order valence-corrected chi connectivity index (χ1v) is 9.50. The Balaban J connectivity index is 1.71. The lowest BCUT2D eigenvalue weighted by molar-refractivity contribution is -0.119. The second kappa shape index (κ2) is 8.18. The molecule has 3 nitrogen and oxygen atoms in total. The number of carbonyl (C=O) groups is 1. The third-order valence-corrected chi connectivity index (χ3v) is 5.64. The van der Waals surface area contributed by atoms with Crippen LogP contribution in [0, 0.1) is 11.6 Å². The van der Waals surface area contributed by atoms with E-state index in [1.54, 1.807) is 23.7 Å². The van der Waals surface area contributed by atoms with Crippen molar-refractivity contribution < 1.29 is 13.6 Å². The minimum absolute atomic E-state index is 0.0165. The van der Waals surface area contributed by atoms with Crippen molar-refractivity contribution in [2.75, 3.05) is 25.0 Å². The first kappa shape index (κ1) is 18.9. The Morgan fingerprint density at radius 1 is 1.27 bits per heavy atom. The van der Waals surface area contributed by atoms with E-state index in [1.807, 2.05) is 29.2 Å². The molecular formula is C20H22F2N2OS. The number of carbonyl (C=O) groups excluding carboxylic acids is 1. The SMILES string of the molecule is C[C@@H]1CCN(C(=O)CN(C)Cc2ccc(F)cc2F)c2ccccc2S1. The molecule has 1 amide bonds.